The number of carbonyl (C=O) groups is 1. The molecule has 0 spiro atoms. The van der Waals surface area contributed by atoms with E-state index in [0.29, 0.717) is 29.1 Å². The minimum atomic E-state index is -0.307. The number of nitrogens with one attached hydrogen (secondary N) is 2. The third kappa shape index (κ3) is 5.06. The maximum Gasteiger partial charge on any atom is 0.262 e. The van der Waals surface area contributed by atoms with Gasteiger partial charge in [-0.2, -0.15) is 0 Å². The highest BCUT2D eigenvalue weighted by Crippen LogP contribution is 2.22. The average molecular weight is 364 g/mol. The summed E-state index contributed by atoms with van der Waals surface area (Å²) in [5.41, 5.74) is 0.637. The van der Waals surface area contributed by atoms with Crippen molar-refractivity contribution in [2.24, 2.45) is 0 Å². The van der Waals surface area contributed by atoms with Gasteiger partial charge in [0.15, 0.2) is 5.16 Å². The van der Waals surface area contributed by atoms with Crippen LogP contribution in [0, 0.1) is 0 Å². The van der Waals surface area contributed by atoms with Crippen LogP contribution in [0.25, 0.3) is 10.9 Å². The van der Waals surface area contributed by atoms with E-state index in [9.17, 15) is 9.59 Å². The van der Waals surface area contributed by atoms with E-state index in [1.807, 2.05) is 32.0 Å². The fourth-order valence-electron chi connectivity index (χ4n) is 2.56. The standard InChI is InChI=1S/C18H26N4O2S/c1-5-19-16(23)13(2)25-18-20-15-10-7-6-9-14(15)17(24)22(18)12-8-11-21(3)4/h6-7,9-10,13H,5,8,11-12H2,1-4H3,(H,19,23)/p+1/t13-/m0/s1. The quantitative estimate of drug-likeness (QED) is 0.531. The van der Waals surface area contributed by atoms with E-state index >= 15 is 0 Å². The molecular formula is C18H27N4O2S+. The average Bonchev–Trinajstić information content (AvgIpc) is 2.57. The highest BCUT2D eigenvalue weighted by Gasteiger charge is 2.19. The number of benzene rings is 1. The van der Waals surface area contributed by atoms with Gasteiger partial charge in [-0.15, -0.1) is 0 Å². The van der Waals surface area contributed by atoms with Crippen LogP contribution in [0.5, 0.6) is 0 Å². The number of fused-ring (bicyclic) bond motifs is 1. The maximum absolute atomic E-state index is 12.9. The summed E-state index contributed by atoms with van der Waals surface area (Å²) in [6.07, 6.45) is 0.880. The molecule has 7 heteroatoms. The van der Waals surface area contributed by atoms with Crippen molar-refractivity contribution in [1.82, 2.24) is 14.9 Å². The Morgan fingerprint density at radius 3 is 2.76 bits per heavy atom. The molecule has 0 bridgehead atoms. The van der Waals surface area contributed by atoms with Crippen molar-refractivity contribution < 1.29 is 9.69 Å². The number of quaternary nitrogens is 1. The molecule has 2 N–H and O–H groups in total. The van der Waals surface area contributed by atoms with E-state index in [-0.39, 0.29) is 16.7 Å². The van der Waals surface area contributed by atoms with Crippen molar-refractivity contribution in [2.75, 3.05) is 27.2 Å². The van der Waals surface area contributed by atoms with Gasteiger partial charge in [-0.3, -0.25) is 14.2 Å². The van der Waals surface area contributed by atoms with Crippen molar-refractivity contribution in [3.63, 3.8) is 0 Å². The van der Waals surface area contributed by atoms with Gasteiger partial charge in [0.2, 0.25) is 5.91 Å². The number of para-hydroxylation sites is 1. The molecule has 1 amide bonds. The number of rotatable bonds is 8. The second-order valence-electron chi connectivity index (χ2n) is 6.33. The second-order valence-corrected chi connectivity index (χ2v) is 7.64. The number of hydrogen-bond acceptors (Lipinski definition) is 4. The zero-order valence-corrected chi connectivity index (χ0v) is 16.2. The molecule has 0 radical (unpaired) electrons. The fourth-order valence-corrected chi connectivity index (χ4v) is 3.51. The van der Waals surface area contributed by atoms with Crippen LogP contribution in [0.2, 0.25) is 0 Å². The third-order valence-electron chi connectivity index (χ3n) is 3.89. The second kappa shape index (κ2) is 9.01. The molecule has 1 atom stereocenters. The van der Waals surface area contributed by atoms with Gasteiger partial charge in [0.25, 0.3) is 5.56 Å². The van der Waals surface area contributed by atoms with Gasteiger partial charge in [-0.25, -0.2) is 4.98 Å². The number of carbonyl (C=O) groups excluding carboxylic acids is 1. The van der Waals surface area contributed by atoms with Gasteiger partial charge in [0, 0.05) is 19.5 Å². The van der Waals surface area contributed by atoms with Gasteiger partial charge in [0.05, 0.1) is 36.8 Å². The lowest BCUT2D eigenvalue weighted by Crippen LogP contribution is -3.05. The summed E-state index contributed by atoms with van der Waals surface area (Å²) in [5.74, 6) is -0.0424. The van der Waals surface area contributed by atoms with Crippen LogP contribution in [0.1, 0.15) is 20.3 Å². The van der Waals surface area contributed by atoms with Crippen molar-refractivity contribution in [3.05, 3.63) is 34.6 Å². The molecule has 0 aliphatic heterocycles. The predicted molar refractivity (Wildman–Crippen MR) is 102 cm³/mol. The Kier molecular flexibility index (Phi) is 7.01. The number of hydrogen-bond donors (Lipinski definition) is 2. The molecule has 2 aromatic rings. The Morgan fingerprint density at radius 2 is 2.08 bits per heavy atom. The van der Waals surface area contributed by atoms with Gasteiger partial charge in [0.1, 0.15) is 0 Å². The molecule has 6 nitrogen and oxygen atoms in total. The summed E-state index contributed by atoms with van der Waals surface area (Å²) in [7, 11) is 4.18. The molecule has 1 aromatic carbocycles. The van der Waals surface area contributed by atoms with Gasteiger partial charge in [-0.1, -0.05) is 23.9 Å². The Bertz CT molecular complexity index is 788. The highest BCUT2D eigenvalue weighted by molar-refractivity contribution is 8.00. The topological polar surface area (TPSA) is 68.4 Å². The zero-order chi connectivity index (χ0) is 18.4. The SMILES string of the molecule is CCNC(=O)[C@H](C)Sc1nc2ccccc2c(=O)n1CCC[NH+](C)C. The molecule has 25 heavy (non-hydrogen) atoms. The van der Waals surface area contributed by atoms with E-state index < -0.39 is 0 Å². The first-order valence-electron chi connectivity index (χ1n) is 8.67. The Morgan fingerprint density at radius 1 is 1.36 bits per heavy atom. The predicted octanol–water partition coefficient (Wildman–Crippen LogP) is 0.548. The molecule has 0 fully saturated rings. The van der Waals surface area contributed by atoms with Crippen LogP contribution < -0.4 is 15.8 Å². The lowest BCUT2D eigenvalue weighted by Gasteiger charge is -2.16. The van der Waals surface area contributed by atoms with E-state index in [1.165, 1.54) is 16.7 Å². The van der Waals surface area contributed by atoms with Crippen LogP contribution in [-0.2, 0) is 11.3 Å². The van der Waals surface area contributed by atoms with Crippen LogP contribution >= 0.6 is 11.8 Å². The molecule has 0 saturated heterocycles. The van der Waals surface area contributed by atoms with Crippen LogP contribution in [-0.4, -0.2) is 47.9 Å². The first-order chi connectivity index (χ1) is 11.9. The summed E-state index contributed by atoms with van der Waals surface area (Å²) < 4.78 is 1.71. The molecular weight excluding hydrogens is 336 g/mol. The minimum absolute atomic E-state index is 0.0371. The summed E-state index contributed by atoms with van der Waals surface area (Å²) in [6, 6.07) is 7.37. The first-order valence-corrected chi connectivity index (χ1v) is 9.55. The highest BCUT2D eigenvalue weighted by atomic mass is 32.2. The Balaban J connectivity index is 2.37. The van der Waals surface area contributed by atoms with E-state index in [1.54, 1.807) is 10.6 Å². The maximum atomic E-state index is 12.9. The zero-order valence-electron chi connectivity index (χ0n) is 15.3. The van der Waals surface area contributed by atoms with Crippen molar-refractivity contribution in [3.8, 4) is 0 Å². The van der Waals surface area contributed by atoms with Crippen LogP contribution in [0.3, 0.4) is 0 Å². The van der Waals surface area contributed by atoms with Crippen molar-refractivity contribution in [2.45, 2.75) is 37.2 Å². The lowest BCUT2D eigenvalue weighted by atomic mass is 10.2. The largest absolute Gasteiger partial charge is 0.355 e. The van der Waals surface area contributed by atoms with Gasteiger partial charge >= 0.3 is 0 Å². The number of nitrogens with zero attached hydrogens (tertiary/aromatic N) is 2. The number of amides is 1. The summed E-state index contributed by atoms with van der Waals surface area (Å²) in [5, 5.41) is 3.74. The van der Waals surface area contributed by atoms with Crippen LogP contribution in [0.15, 0.2) is 34.2 Å². The molecule has 0 saturated carbocycles. The van der Waals surface area contributed by atoms with Gasteiger partial charge < -0.3 is 10.2 Å². The van der Waals surface area contributed by atoms with Gasteiger partial charge in [-0.05, 0) is 26.0 Å². The molecule has 136 valence electrons. The van der Waals surface area contributed by atoms with Crippen molar-refractivity contribution in [1.29, 1.82) is 0 Å². The lowest BCUT2D eigenvalue weighted by molar-refractivity contribution is -0.858. The molecule has 2 rings (SSSR count). The number of thioether (sulfide) groups is 1. The normalized spacial score (nSPS) is 12.5. The van der Waals surface area contributed by atoms with Crippen LogP contribution in [0.4, 0.5) is 0 Å². The fraction of sp³-hybridized carbons (Fsp3) is 0.500. The van der Waals surface area contributed by atoms with E-state index in [2.05, 4.69) is 24.4 Å². The molecule has 0 aliphatic rings. The van der Waals surface area contributed by atoms with E-state index in [4.69, 9.17) is 0 Å². The monoisotopic (exact) mass is 363 g/mol. The molecule has 1 aromatic heterocycles. The third-order valence-corrected chi connectivity index (χ3v) is 4.98. The smallest absolute Gasteiger partial charge is 0.262 e. The Labute approximate surface area is 152 Å². The molecule has 1 heterocycles. The van der Waals surface area contributed by atoms with Crippen molar-refractivity contribution >= 4 is 28.6 Å². The molecule has 0 unspecified atom stereocenters. The molecule has 0 aliphatic carbocycles. The summed E-state index contributed by atoms with van der Waals surface area (Å²) in [6.45, 7) is 5.89. The number of aromatic nitrogens is 2. The minimum Gasteiger partial charge on any atom is -0.355 e. The van der Waals surface area contributed by atoms with E-state index in [0.717, 1.165) is 13.0 Å². The first kappa shape index (κ1) is 19.5. The Hall–Kier alpha value is -1.86. The summed E-state index contributed by atoms with van der Waals surface area (Å²) >= 11 is 1.34. The summed E-state index contributed by atoms with van der Waals surface area (Å²) in [4.78, 5) is 31.0.